The van der Waals surface area contributed by atoms with Crippen molar-refractivity contribution in [2.75, 3.05) is 30.0 Å². The monoisotopic (exact) mass is 310 g/mol. The van der Waals surface area contributed by atoms with Gasteiger partial charge >= 0.3 is 0 Å². The third-order valence-electron chi connectivity index (χ3n) is 3.83. The summed E-state index contributed by atoms with van der Waals surface area (Å²) in [6, 6.07) is 1.98. The fourth-order valence-electron chi connectivity index (χ4n) is 2.55. The lowest BCUT2D eigenvalue weighted by Crippen LogP contribution is -2.23. The highest BCUT2D eigenvalue weighted by Gasteiger charge is 2.19. The number of nitrogens with one attached hydrogen (secondary N) is 2. The number of aromatic nitrogens is 2. The van der Waals surface area contributed by atoms with Crippen LogP contribution in [-0.2, 0) is 0 Å². The largest absolute Gasteiger partial charge is 0.393 e. The fraction of sp³-hybridized carbons (Fsp3) is 0.733. The van der Waals surface area contributed by atoms with E-state index in [1.165, 1.54) is 0 Å². The van der Waals surface area contributed by atoms with Crippen LogP contribution in [0.5, 0.6) is 0 Å². The molecule has 0 saturated heterocycles. The molecule has 0 amide bonds. The number of aliphatic hydroxyl groups excluding tert-OH is 1. The van der Waals surface area contributed by atoms with E-state index in [-0.39, 0.29) is 6.10 Å². The lowest BCUT2D eigenvalue weighted by atomic mass is 9.87. The van der Waals surface area contributed by atoms with Gasteiger partial charge in [0.05, 0.1) is 6.10 Å². The topological polar surface area (TPSA) is 70.1 Å². The van der Waals surface area contributed by atoms with E-state index in [4.69, 9.17) is 0 Å². The van der Waals surface area contributed by atoms with Crippen LogP contribution in [0.15, 0.2) is 11.2 Å². The van der Waals surface area contributed by atoms with Crippen LogP contribution in [0.2, 0.25) is 0 Å². The molecule has 0 spiro atoms. The van der Waals surface area contributed by atoms with Gasteiger partial charge in [0, 0.05) is 19.2 Å². The molecule has 1 aromatic heterocycles. The third kappa shape index (κ3) is 5.36. The Hall–Kier alpha value is -1.01. The van der Waals surface area contributed by atoms with Crippen molar-refractivity contribution in [2.45, 2.75) is 50.3 Å². The molecule has 1 heterocycles. The van der Waals surface area contributed by atoms with Crippen LogP contribution in [0.4, 0.5) is 11.6 Å². The molecule has 0 atom stereocenters. The Kier molecular flexibility index (Phi) is 6.57. The smallest absolute Gasteiger partial charge is 0.191 e. The number of thioether (sulfide) groups is 1. The highest BCUT2D eigenvalue weighted by molar-refractivity contribution is 7.98. The maximum Gasteiger partial charge on any atom is 0.191 e. The molecule has 1 aliphatic carbocycles. The summed E-state index contributed by atoms with van der Waals surface area (Å²) >= 11 is 1.56. The number of aliphatic hydroxyl groups is 1. The molecule has 1 saturated carbocycles. The molecule has 0 bridgehead atoms. The maximum atomic E-state index is 9.55. The summed E-state index contributed by atoms with van der Waals surface area (Å²) in [7, 11) is 0. The van der Waals surface area contributed by atoms with Crippen LogP contribution >= 0.6 is 11.8 Å². The van der Waals surface area contributed by atoms with Gasteiger partial charge in [0.1, 0.15) is 11.6 Å². The number of anilines is 2. The summed E-state index contributed by atoms with van der Waals surface area (Å²) in [5.41, 5.74) is 0. The Morgan fingerprint density at radius 1 is 1.19 bits per heavy atom. The molecular weight excluding hydrogens is 284 g/mol. The summed E-state index contributed by atoms with van der Waals surface area (Å²) in [4.78, 5) is 8.97. The van der Waals surface area contributed by atoms with Crippen molar-refractivity contribution in [3.63, 3.8) is 0 Å². The average molecular weight is 310 g/mol. The zero-order chi connectivity index (χ0) is 15.1. The van der Waals surface area contributed by atoms with Gasteiger partial charge in [-0.05, 0) is 44.3 Å². The first-order valence-corrected chi connectivity index (χ1v) is 9.02. The SMILES string of the molecule is CCCNc1cc(NCC2CCC(O)CC2)nc(SC)n1. The summed E-state index contributed by atoms with van der Waals surface area (Å²) < 4.78 is 0. The minimum Gasteiger partial charge on any atom is -0.393 e. The standard InChI is InChI=1S/C15H26N4OS/c1-3-8-16-13-9-14(19-15(18-13)21-2)17-10-11-4-6-12(20)7-5-11/h9,11-12,20H,3-8,10H2,1-2H3,(H2,16,17,18,19). The molecule has 21 heavy (non-hydrogen) atoms. The van der Waals surface area contributed by atoms with Gasteiger partial charge in [-0.25, -0.2) is 9.97 Å². The van der Waals surface area contributed by atoms with Crippen molar-refractivity contribution >= 4 is 23.4 Å². The first-order chi connectivity index (χ1) is 10.2. The average Bonchev–Trinajstić information content (AvgIpc) is 2.52. The van der Waals surface area contributed by atoms with Crippen LogP contribution in [0.3, 0.4) is 0 Å². The molecule has 6 heteroatoms. The van der Waals surface area contributed by atoms with E-state index in [0.29, 0.717) is 5.92 Å². The van der Waals surface area contributed by atoms with Crippen molar-refractivity contribution in [1.29, 1.82) is 0 Å². The van der Waals surface area contributed by atoms with Gasteiger partial charge in [0.15, 0.2) is 5.16 Å². The first kappa shape index (κ1) is 16.4. The molecule has 2 rings (SSSR count). The Labute approximate surface area is 131 Å². The van der Waals surface area contributed by atoms with Crippen LogP contribution in [-0.4, -0.2) is 40.5 Å². The second kappa shape index (κ2) is 8.44. The van der Waals surface area contributed by atoms with E-state index in [0.717, 1.165) is 62.0 Å². The van der Waals surface area contributed by atoms with E-state index in [1.54, 1.807) is 11.8 Å². The molecule has 0 aliphatic heterocycles. The summed E-state index contributed by atoms with van der Waals surface area (Å²) in [6.45, 7) is 3.98. The minimum atomic E-state index is -0.0896. The Bertz CT molecular complexity index is 436. The lowest BCUT2D eigenvalue weighted by molar-refractivity contribution is 0.111. The van der Waals surface area contributed by atoms with E-state index in [2.05, 4.69) is 27.5 Å². The normalized spacial score (nSPS) is 22.0. The van der Waals surface area contributed by atoms with Crippen molar-refractivity contribution < 1.29 is 5.11 Å². The Morgan fingerprint density at radius 2 is 1.86 bits per heavy atom. The predicted molar refractivity (Wildman–Crippen MR) is 89.0 cm³/mol. The molecule has 5 nitrogen and oxygen atoms in total. The molecule has 1 aliphatic rings. The quantitative estimate of drug-likeness (QED) is 0.531. The molecule has 0 unspecified atom stereocenters. The predicted octanol–water partition coefficient (Wildman–Crippen LogP) is 2.98. The Balaban J connectivity index is 1.91. The number of hydrogen-bond donors (Lipinski definition) is 3. The van der Waals surface area contributed by atoms with E-state index in [1.807, 2.05) is 12.3 Å². The number of rotatable bonds is 7. The summed E-state index contributed by atoms with van der Waals surface area (Å²) in [5, 5.41) is 17.1. The highest BCUT2D eigenvalue weighted by Crippen LogP contribution is 2.25. The first-order valence-electron chi connectivity index (χ1n) is 7.80. The van der Waals surface area contributed by atoms with Crippen LogP contribution in [0.25, 0.3) is 0 Å². The number of nitrogens with zero attached hydrogens (tertiary/aromatic N) is 2. The molecular formula is C15H26N4OS. The summed E-state index contributed by atoms with van der Waals surface area (Å²) in [5.74, 6) is 2.41. The van der Waals surface area contributed by atoms with Gasteiger partial charge in [-0.2, -0.15) is 0 Å². The fourth-order valence-corrected chi connectivity index (χ4v) is 2.93. The minimum absolute atomic E-state index is 0.0896. The Morgan fingerprint density at radius 3 is 2.48 bits per heavy atom. The van der Waals surface area contributed by atoms with Crippen molar-refractivity contribution in [3.8, 4) is 0 Å². The summed E-state index contributed by atoms with van der Waals surface area (Å²) in [6.07, 6.45) is 7.01. The van der Waals surface area contributed by atoms with Gasteiger partial charge < -0.3 is 15.7 Å². The van der Waals surface area contributed by atoms with Crippen LogP contribution in [0, 0.1) is 5.92 Å². The zero-order valence-electron chi connectivity index (χ0n) is 12.9. The highest BCUT2D eigenvalue weighted by atomic mass is 32.2. The van der Waals surface area contributed by atoms with E-state index < -0.39 is 0 Å². The van der Waals surface area contributed by atoms with E-state index >= 15 is 0 Å². The van der Waals surface area contributed by atoms with E-state index in [9.17, 15) is 5.11 Å². The van der Waals surface area contributed by atoms with Gasteiger partial charge in [0.2, 0.25) is 0 Å². The lowest BCUT2D eigenvalue weighted by Gasteiger charge is -2.25. The van der Waals surface area contributed by atoms with Gasteiger partial charge in [-0.1, -0.05) is 18.7 Å². The molecule has 118 valence electrons. The molecule has 0 aromatic carbocycles. The van der Waals surface area contributed by atoms with Crippen molar-refractivity contribution in [2.24, 2.45) is 5.92 Å². The van der Waals surface area contributed by atoms with Crippen molar-refractivity contribution in [3.05, 3.63) is 6.07 Å². The van der Waals surface area contributed by atoms with Gasteiger partial charge in [0.25, 0.3) is 0 Å². The van der Waals surface area contributed by atoms with Crippen LogP contribution in [0.1, 0.15) is 39.0 Å². The molecule has 1 fully saturated rings. The zero-order valence-corrected chi connectivity index (χ0v) is 13.7. The molecule has 0 radical (unpaired) electrons. The maximum absolute atomic E-state index is 9.55. The van der Waals surface area contributed by atoms with Crippen LogP contribution < -0.4 is 10.6 Å². The van der Waals surface area contributed by atoms with Gasteiger partial charge in [-0.3, -0.25) is 0 Å². The second-order valence-corrected chi connectivity index (χ2v) is 6.38. The third-order valence-corrected chi connectivity index (χ3v) is 4.38. The molecule has 1 aromatic rings. The molecule has 3 N–H and O–H groups in total. The number of hydrogen-bond acceptors (Lipinski definition) is 6. The van der Waals surface area contributed by atoms with Crippen molar-refractivity contribution in [1.82, 2.24) is 9.97 Å². The van der Waals surface area contributed by atoms with Gasteiger partial charge in [-0.15, -0.1) is 0 Å². The second-order valence-electron chi connectivity index (χ2n) is 5.61.